The fourth-order valence-electron chi connectivity index (χ4n) is 4.36. The fraction of sp³-hybridized carbons (Fsp3) is 0.357. The van der Waals surface area contributed by atoms with Gasteiger partial charge in [-0.05, 0) is 57.1 Å². The Morgan fingerprint density at radius 1 is 1.11 bits per heavy atom. The number of rotatable bonds is 10. The maximum absolute atomic E-state index is 13.4. The molecule has 35 heavy (non-hydrogen) atoms. The van der Waals surface area contributed by atoms with Crippen LogP contribution in [0.3, 0.4) is 0 Å². The molecule has 3 aromatic rings. The third kappa shape index (κ3) is 6.11. The summed E-state index contributed by atoms with van der Waals surface area (Å²) in [7, 11) is 0. The summed E-state index contributed by atoms with van der Waals surface area (Å²) in [6.07, 6.45) is 2.31. The van der Waals surface area contributed by atoms with Crippen LogP contribution in [0.5, 0.6) is 5.75 Å². The number of para-hydroxylation sites is 1. The topological polar surface area (TPSA) is 83.2 Å². The summed E-state index contributed by atoms with van der Waals surface area (Å²) in [4.78, 5) is 28.5. The number of amides is 1. The molecule has 0 saturated carbocycles. The Morgan fingerprint density at radius 3 is 2.54 bits per heavy atom. The van der Waals surface area contributed by atoms with Crippen molar-refractivity contribution >= 4 is 11.9 Å². The molecule has 0 aliphatic carbocycles. The van der Waals surface area contributed by atoms with E-state index in [0.717, 1.165) is 29.2 Å². The van der Waals surface area contributed by atoms with Gasteiger partial charge in [-0.15, -0.1) is 0 Å². The minimum atomic E-state index is -0.729. The molecule has 1 unspecified atom stereocenters. The van der Waals surface area contributed by atoms with Gasteiger partial charge in [0.15, 0.2) is 0 Å². The van der Waals surface area contributed by atoms with Gasteiger partial charge < -0.3 is 19.2 Å². The molecule has 7 nitrogen and oxygen atoms in total. The van der Waals surface area contributed by atoms with Crippen molar-refractivity contribution in [3.63, 3.8) is 0 Å². The van der Waals surface area contributed by atoms with E-state index in [2.05, 4.69) is 4.90 Å². The molecule has 1 aromatic heterocycles. The molecule has 2 aromatic carbocycles. The Balaban J connectivity index is 1.40. The lowest BCUT2D eigenvalue weighted by Gasteiger charge is -2.28. The number of carbonyl (C=O) groups excluding carboxylic acids is 1. The molecule has 2 heterocycles. The normalized spacial score (nSPS) is 15.9. The zero-order valence-electron chi connectivity index (χ0n) is 20.2. The first kappa shape index (κ1) is 24.5. The van der Waals surface area contributed by atoms with E-state index >= 15 is 0 Å². The minimum absolute atomic E-state index is 0.00198. The predicted octanol–water partition coefficient (Wildman–Crippen LogP) is 4.78. The lowest BCUT2D eigenvalue weighted by molar-refractivity contribution is -0.141. The van der Waals surface area contributed by atoms with E-state index in [1.165, 1.54) is 0 Å². The average Bonchev–Trinajstić information content (AvgIpc) is 3.56. The number of likely N-dealkylation sites (tertiary alicyclic amines) is 1. The molecule has 7 heteroatoms. The third-order valence-corrected chi connectivity index (χ3v) is 6.42. The number of hydrogen-bond donors (Lipinski definition) is 1. The van der Waals surface area contributed by atoms with Crippen LogP contribution in [0.25, 0.3) is 11.3 Å². The molecule has 1 atom stereocenters. The Labute approximate surface area is 205 Å². The Kier molecular flexibility index (Phi) is 7.87. The molecule has 0 radical (unpaired) electrons. The van der Waals surface area contributed by atoms with E-state index in [-0.39, 0.29) is 17.9 Å². The zero-order chi connectivity index (χ0) is 24.8. The maximum atomic E-state index is 13.4. The van der Waals surface area contributed by atoms with Crippen molar-refractivity contribution in [2.24, 2.45) is 5.92 Å². The van der Waals surface area contributed by atoms with Crippen LogP contribution >= 0.6 is 0 Å². The minimum Gasteiger partial charge on any atom is -0.492 e. The van der Waals surface area contributed by atoms with E-state index in [1.54, 1.807) is 6.26 Å². The maximum Gasteiger partial charge on any atom is 0.307 e. The largest absolute Gasteiger partial charge is 0.492 e. The Morgan fingerprint density at radius 2 is 1.89 bits per heavy atom. The lowest BCUT2D eigenvalue weighted by Crippen LogP contribution is -2.36. The summed E-state index contributed by atoms with van der Waals surface area (Å²) < 4.78 is 11.5. The van der Waals surface area contributed by atoms with E-state index in [9.17, 15) is 14.7 Å². The van der Waals surface area contributed by atoms with Crippen LogP contribution in [0.4, 0.5) is 0 Å². The predicted molar refractivity (Wildman–Crippen MR) is 133 cm³/mol. The van der Waals surface area contributed by atoms with Gasteiger partial charge in [-0.2, -0.15) is 0 Å². The smallest absolute Gasteiger partial charge is 0.307 e. The quantitative estimate of drug-likeness (QED) is 0.453. The molecule has 1 fully saturated rings. The molecule has 1 N–H and O–H groups in total. The fourth-order valence-corrected chi connectivity index (χ4v) is 4.36. The number of hydrogen-bond acceptors (Lipinski definition) is 5. The van der Waals surface area contributed by atoms with Crippen molar-refractivity contribution in [3.8, 4) is 17.1 Å². The first-order chi connectivity index (χ1) is 16.9. The molecule has 1 saturated heterocycles. The summed E-state index contributed by atoms with van der Waals surface area (Å²) in [6.45, 7) is 6.91. The summed E-state index contributed by atoms with van der Waals surface area (Å²) >= 11 is 0. The van der Waals surface area contributed by atoms with Gasteiger partial charge in [0.05, 0.1) is 12.2 Å². The Bertz CT molecular complexity index is 1120. The second kappa shape index (κ2) is 11.2. The van der Waals surface area contributed by atoms with Crippen LogP contribution < -0.4 is 4.74 Å². The van der Waals surface area contributed by atoms with Gasteiger partial charge in [-0.1, -0.05) is 30.3 Å². The summed E-state index contributed by atoms with van der Waals surface area (Å²) in [6, 6.07) is 19.0. The van der Waals surface area contributed by atoms with Gasteiger partial charge in [0, 0.05) is 42.4 Å². The molecule has 1 amide bonds. The highest BCUT2D eigenvalue weighted by molar-refractivity contribution is 5.94. The summed E-state index contributed by atoms with van der Waals surface area (Å²) in [5.74, 6) is 0.447. The van der Waals surface area contributed by atoms with Crippen molar-refractivity contribution in [1.29, 1.82) is 0 Å². The van der Waals surface area contributed by atoms with Gasteiger partial charge in [0.25, 0.3) is 5.91 Å². The number of nitrogens with zero attached hydrogens (tertiary/aromatic N) is 2. The molecule has 184 valence electrons. The standard InChI is InChI=1S/C28H32N2O5/c1-20(2)30(27(31)22-11-9-21(10-12-22)25-8-5-16-34-25)19-23-6-3-4-7-26(23)35-17-15-29-14-13-24(18-29)28(32)33/h3-12,16,20,24H,13-15,17-19H2,1-2H3,(H,32,33). The van der Waals surface area contributed by atoms with Crippen LogP contribution in [0.1, 0.15) is 36.2 Å². The lowest BCUT2D eigenvalue weighted by atomic mass is 10.1. The highest BCUT2D eigenvalue weighted by atomic mass is 16.5. The van der Waals surface area contributed by atoms with Gasteiger partial charge >= 0.3 is 5.97 Å². The number of ether oxygens (including phenoxy) is 1. The van der Waals surface area contributed by atoms with Crippen LogP contribution in [0.2, 0.25) is 0 Å². The van der Waals surface area contributed by atoms with Gasteiger partial charge in [0.1, 0.15) is 18.1 Å². The summed E-state index contributed by atoms with van der Waals surface area (Å²) in [5.41, 5.74) is 2.48. The van der Waals surface area contributed by atoms with Crippen molar-refractivity contribution in [2.75, 3.05) is 26.2 Å². The highest BCUT2D eigenvalue weighted by Gasteiger charge is 2.27. The number of carboxylic acids is 1. The second-order valence-corrected chi connectivity index (χ2v) is 9.16. The van der Waals surface area contributed by atoms with Gasteiger partial charge in [-0.25, -0.2) is 0 Å². The number of benzene rings is 2. The molecule has 0 spiro atoms. The molecule has 4 rings (SSSR count). The van der Waals surface area contributed by atoms with Crippen LogP contribution in [-0.2, 0) is 11.3 Å². The molecular weight excluding hydrogens is 444 g/mol. The number of carbonyl (C=O) groups is 2. The van der Waals surface area contributed by atoms with E-state index in [4.69, 9.17) is 9.15 Å². The summed E-state index contributed by atoms with van der Waals surface area (Å²) in [5, 5.41) is 9.19. The molecule has 1 aliphatic heterocycles. The third-order valence-electron chi connectivity index (χ3n) is 6.42. The van der Waals surface area contributed by atoms with Crippen molar-refractivity contribution in [1.82, 2.24) is 9.80 Å². The number of carboxylic acid groups (broad SMARTS) is 1. The highest BCUT2D eigenvalue weighted by Crippen LogP contribution is 2.24. The number of aliphatic carboxylic acids is 1. The van der Waals surface area contributed by atoms with Crippen molar-refractivity contribution in [2.45, 2.75) is 32.9 Å². The second-order valence-electron chi connectivity index (χ2n) is 9.16. The van der Waals surface area contributed by atoms with Crippen LogP contribution in [-0.4, -0.2) is 59.1 Å². The molecule has 1 aliphatic rings. The van der Waals surface area contributed by atoms with Gasteiger partial charge in [-0.3, -0.25) is 14.5 Å². The van der Waals surface area contributed by atoms with E-state index < -0.39 is 5.97 Å². The monoisotopic (exact) mass is 476 g/mol. The van der Waals surface area contributed by atoms with Crippen molar-refractivity contribution < 1.29 is 23.8 Å². The first-order valence-corrected chi connectivity index (χ1v) is 12.0. The van der Waals surface area contributed by atoms with Gasteiger partial charge in [0.2, 0.25) is 0 Å². The van der Waals surface area contributed by atoms with E-state index in [0.29, 0.717) is 38.2 Å². The molecular formula is C28H32N2O5. The average molecular weight is 477 g/mol. The number of furan rings is 1. The first-order valence-electron chi connectivity index (χ1n) is 12.0. The van der Waals surface area contributed by atoms with E-state index in [1.807, 2.05) is 79.4 Å². The Hall–Kier alpha value is -3.58. The SMILES string of the molecule is CC(C)N(Cc1ccccc1OCCN1CCC(C(=O)O)C1)C(=O)c1ccc(-c2ccco2)cc1. The molecule has 0 bridgehead atoms. The zero-order valence-corrected chi connectivity index (χ0v) is 20.2. The van der Waals surface area contributed by atoms with Crippen LogP contribution in [0.15, 0.2) is 71.3 Å². The van der Waals surface area contributed by atoms with Crippen LogP contribution in [0, 0.1) is 5.92 Å². The van der Waals surface area contributed by atoms with Crippen molar-refractivity contribution in [3.05, 3.63) is 78.1 Å².